The van der Waals surface area contributed by atoms with Gasteiger partial charge in [0.05, 0.1) is 36.8 Å². The van der Waals surface area contributed by atoms with Crippen LogP contribution in [0.2, 0.25) is 0 Å². The van der Waals surface area contributed by atoms with Gasteiger partial charge in [0.1, 0.15) is 5.75 Å². The molecule has 10 heteroatoms. The Labute approximate surface area is 194 Å². The van der Waals surface area contributed by atoms with Crippen molar-refractivity contribution in [1.29, 1.82) is 0 Å². The van der Waals surface area contributed by atoms with Crippen LogP contribution in [0, 0.1) is 0 Å². The molecule has 2 N–H and O–H groups in total. The van der Waals surface area contributed by atoms with Crippen LogP contribution in [0.4, 0.5) is 4.79 Å². The van der Waals surface area contributed by atoms with Crippen LogP contribution in [0.1, 0.15) is 12.0 Å². The molecule has 0 aliphatic carbocycles. The van der Waals surface area contributed by atoms with Crippen LogP contribution in [0.5, 0.6) is 5.75 Å². The second-order valence-electron chi connectivity index (χ2n) is 7.99. The molecule has 1 amide bonds. The zero-order valence-corrected chi connectivity index (χ0v) is 19.5. The molecular formula is C23H30N2O7S. The van der Waals surface area contributed by atoms with Crippen LogP contribution in [-0.2, 0) is 21.2 Å². The van der Waals surface area contributed by atoms with E-state index in [1.54, 1.807) is 12.1 Å². The van der Waals surface area contributed by atoms with Gasteiger partial charge in [0.25, 0.3) is 0 Å². The zero-order valence-electron chi connectivity index (χ0n) is 18.7. The van der Waals surface area contributed by atoms with Gasteiger partial charge in [-0.15, -0.1) is 0 Å². The summed E-state index contributed by atoms with van der Waals surface area (Å²) in [4.78, 5) is 13.5. The minimum Gasteiger partial charge on any atom is -0.497 e. The van der Waals surface area contributed by atoms with Crippen molar-refractivity contribution in [1.82, 2.24) is 9.21 Å². The maximum Gasteiger partial charge on any atom is 0.407 e. The highest BCUT2D eigenvalue weighted by Gasteiger charge is 2.38. The molecule has 1 heterocycles. The smallest absolute Gasteiger partial charge is 0.407 e. The third-order valence-electron chi connectivity index (χ3n) is 5.82. The normalized spacial score (nSPS) is 18.1. The minimum absolute atomic E-state index is 0.0527. The van der Waals surface area contributed by atoms with E-state index < -0.39 is 34.3 Å². The molecule has 1 fully saturated rings. The van der Waals surface area contributed by atoms with Gasteiger partial charge in [-0.25, -0.2) is 13.2 Å². The van der Waals surface area contributed by atoms with Gasteiger partial charge in [0, 0.05) is 20.2 Å². The number of nitrogens with zero attached hydrogens (tertiary/aromatic N) is 2. The molecule has 0 saturated carbocycles. The van der Waals surface area contributed by atoms with Crippen LogP contribution in [0.3, 0.4) is 0 Å². The van der Waals surface area contributed by atoms with Crippen LogP contribution >= 0.6 is 0 Å². The molecule has 3 rings (SSSR count). The monoisotopic (exact) mass is 478 g/mol. The number of likely N-dealkylation sites (N-methyl/N-ethyl adjacent to an activating group) is 1. The number of carboxylic acid groups (broad SMARTS) is 1. The third-order valence-corrected chi connectivity index (χ3v) is 7.66. The van der Waals surface area contributed by atoms with Crippen LogP contribution in [-0.4, -0.2) is 86.0 Å². The number of aliphatic hydroxyl groups is 1. The molecule has 3 atom stereocenters. The Morgan fingerprint density at radius 2 is 1.85 bits per heavy atom. The number of sulfonamides is 1. The third kappa shape index (κ3) is 6.02. The highest BCUT2D eigenvalue weighted by molar-refractivity contribution is 7.89. The van der Waals surface area contributed by atoms with Crippen molar-refractivity contribution in [3.8, 4) is 5.75 Å². The lowest BCUT2D eigenvalue weighted by Gasteiger charge is -2.37. The number of aliphatic hydroxyl groups excluding tert-OH is 1. The standard InChI is InChI=1S/C23H30N2O7S/c1-24(33(29,30)20-10-8-19(31-2)9-11-20)15-22(26)21(14-17-6-4-3-5-7-17)25(23(27)28)18-12-13-32-16-18/h3-11,18,21-22,26H,12-16H2,1-2H3,(H,27,28)/t18-,21-,22+/m0/s1. The first-order chi connectivity index (χ1) is 15.7. The number of hydrogen-bond donors (Lipinski definition) is 2. The van der Waals surface area contributed by atoms with Gasteiger partial charge in [-0.2, -0.15) is 4.31 Å². The number of amides is 1. The number of benzene rings is 2. The number of methoxy groups -OCH3 is 1. The van der Waals surface area contributed by atoms with E-state index in [4.69, 9.17) is 9.47 Å². The van der Waals surface area contributed by atoms with Crippen molar-refractivity contribution in [2.24, 2.45) is 0 Å². The fraction of sp³-hybridized carbons (Fsp3) is 0.435. The number of ether oxygens (including phenoxy) is 2. The van der Waals surface area contributed by atoms with E-state index in [9.17, 15) is 23.4 Å². The van der Waals surface area contributed by atoms with E-state index >= 15 is 0 Å². The Morgan fingerprint density at radius 1 is 1.18 bits per heavy atom. The highest BCUT2D eigenvalue weighted by atomic mass is 32.2. The molecule has 0 aromatic heterocycles. The average Bonchev–Trinajstić information content (AvgIpc) is 3.33. The average molecular weight is 479 g/mol. The SMILES string of the molecule is COc1ccc(S(=O)(=O)N(C)C[C@@H](O)[C@H](Cc2ccccc2)N(C(=O)O)[C@H]2CCOC2)cc1. The van der Waals surface area contributed by atoms with Gasteiger partial charge in [0.15, 0.2) is 0 Å². The first-order valence-corrected chi connectivity index (χ1v) is 12.1. The predicted molar refractivity (Wildman–Crippen MR) is 122 cm³/mol. The maximum atomic E-state index is 13.0. The summed E-state index contributed by atoms with van der Waals surface area (Å²) in [5.74, 6) is 0.524. The van der Waals surface area contributed by atoms with Crippen molar-refractivity contribution in [2.75, 3.05) is 33.9 Å². The molecule has 0 radical (unpaired) electrons. The number of rotatable bonds is 10. The van der Waals surface area contributed by atoms with Gasteiger partial charge < -0.3 is 19.7 Å². The summed E-state index contributed by atoms with van der Waals surface area (Å²) in [6.45, 7) is 0.405. The molecule has 0 bridgehead atoms. The quantitative estimate of drug-likeness (QED) is 0.537. The van der Waals surface area contributed by atoms with Gasteiger partial charge in [0.2, 0.25) is 10.0 Å². The summed E-state index contributed by atoms with van der Waals surface area (Å²) in [5.41, 5.74) is 0.840. The molecule has 1 saturated heterocycles. The summed E-state index contributed by atoms with van der Waals surface area (Å²) in [5, 5.41) is 21.1. The fourth-order valence-electron chi connectivity index (χ4n) is 4.00. The molecule has 0 unspecified atom stereocenters. The maximum absolute atomic E-state index is 13.0. The molecule has 33 heavy (non-hydrogen) atoms. The minimum atomic E-state index is -3.90. The van der Waals surface area contributed by atoms with Crippen molar-refractivity contribution in [2.45, 2.75) is 35.9 Å². The van der Waals surface area contributed by atoms with Crippen molar-refractivity contribution in [3.05, 3.63) is 60.2 Å². The molecule has 2 aromatic carbocycles. The first kappa shape index (κ1) is 25.0. The summed E-state index contributed by atoms with van der Waals surface area (Å²) in [6, 6.07) is 13.9. The first-order valence-electron chi connectivity index (χ1n) is 10.7. The largest absolute Gasteiger partial charge is 0.497 e. The summed E-state index contributed by atoms with van der Waals surface area (Å²) in [6.07, 6.45) is -1.68. The highest BCUT2D eigenvalue weighted by Crippen LogP contribution is 2.24. The zero-order chi connectivity index (χ0) is 24.0. The lowest BCUT2D eigenvalue weighted by molar-refractivity contribution is 0.0188. The Hall–Kier alpha value is -2.66. The molecule has 9 nitrogen and oxygen atoms in total. The van der Waals surface area contributed by atoms with Gasteiger partial charge in [-0.1, -0.05) is 30.3 Å². The van der Waals surface area contributed by atoms with Crippen LogP contribution < -0.4 is 4.74 Å². The lowest BCUT2D eigenvalue weighted by atomic mass is 9.98. The number of hydrogen-bond acceptors (Lipinski definition) is 6. The van der Waals surface area contributed by atoms with E-state index in [1.165, 1.54) is 31.2 Å². The predicted octanol–water partition coefficient (Wildman–Crippen LogP) is 2.06. The topological polar surface area (TPSA) is 117 Å². The molecule has 0 spiro atoms. The van der Waals surface area contributed by atoms with Crippen LogP contribution in [0.25, 0.3) is 0 Å². The Morgan fingerprint density at radius 3 is 2.39 bits per heavy atom. The molecule has 2 aromatic rings. The fourth-order valence-corrected chi connectivity index (χ4v) is 5.19. The van der Waals surface area contributed by atoms with E-state index in [1.807, 2.05) is 30.3 Å². The van der Waals surface area contributed by atoms with Crippen LogP contribution in [0.15, 0.2) is 59.5 Å². The Bertz CT molecular complexity index is 1010. The van der Waals surface area contributed by atoms with Crippen molar-refractivity contribution in [3.63, 3.8) is 0 Å². The molecule has 1 aliphatic rings. The Kier molecular flexibility index (Phi) is 8.30. The Balaban J connectivity index is 1.84. The van der Waals surface area contributed by atoms with E-state index in [-0.39, 0.29) is 24.5 Å². The lowest BCUT2D eigenvalue weighted by Crippen LogP contribution is -2.55. The van der Waals surface area contributed by atoms with Gasteiger partial charge in [-0.05, 0) is 42.7 Å². The van der Waals surface area contributed by atoms with Crippen molar-refractivity contribution >= 4 is 16.1 Å². The molecular weight excluding hydrogens is 448 g/mol. The second kappa shape index (κ2) is 11.0. The molecule has 180 valence electrons. The summed E-state index contributed by atoms with van der Waals surface area (Å²) in [7, 11) is -1.05. The summed E-state index contributed by atoms with van der Waals surface area (Å²) >= 11 is 0. The second-order valence-corrected chi connectivity index (χ2v) is 10.0. The van der Waals surface area contributed by atoms with E-state index in [2.05, 4.69) is 0 Å². The van der Waals surface area contributed by atoms with Gasteiger partial charge in [-0.3, -0.25) is 4.90 Å². The van der Waals surface area contributed by atoms with Gasteiger partial charge >= 0.3 is 6.09 Å². The van der Waals surface area contributed by atoms with E-state index in [0.29, 0.717) is 18.8 Å². The van der Waals surface area contributed by atoms with E-state index in [0.717, 1.165) is 9.87 Å². The van der Waals surface area contributed by atoms with Crippen molar-refractivity contribution < 1.29 is 32.9 Å². The number of carbonyl (C=O) groups is 1. The molecule has 1 aliphatic heterocycles. The summed E-state index contributed by atoms with van der Waals surface area (Å²) < 4.78 is 37.6.